The van der Waals surface area contributed by atoms with Gasteiger partial charge in [0.25, 0.3) is 5.56 Å². The molecule has 0 radical (unpaired) electrons. The Kier molecular flexibility index (Phi) is 9.08. The minimum Gasteiger partial charge on any atom is -0.394 e. The third-order valence-electron chi connectivity index (χ3n) is 4.10. The van der Waals surface area contributed by atoms with E-state index in [1.54, 1.807) is 0 Å². The van der Waals surface area contributed by atoms with Crippen molar-refractivity contribution in [1.82, 2.24) is 4.57 Å². The van der Waals surface area contributed by atoms with E-state index >= 15 is 0 Å². The number of ether oxygens (including phenoxy) is 1. The van der Waals surface area contributed by atoms with Gasteiger partial charge in [-0.3, -0.25) is 9.36 Å². The van der Waals surface area contributed by atoms with E-state index in [4.69, 9.17) is 34.3 Å². The molecular weight excluding hydrogens is 534 g/mol. The summed E-state index contributed by atoms with van der Waals surface area (Å²) in [6.45, 7) is -0.470. The van der Waals surface area contributed by atoms with Crippen LogP contribution < -0.4 is 5.56 Å². The van der Waals surface area contributed by atoms with Crippen LogP contribution in [0.15, 0.2) is 35.3 Å². The predicted molar refractivity (Wildman–Crippen MR) is 107 cm³/mol. The van der Waals surface area contributed by atoms with Gasteiger partial charge in [0.1, 0.15) is 24.1 Å². The van der Waals surface area contributed by atoms with E-state index in [-0.39, 0.29) is 5.39 Å². The fraction of sp³-hybridized carbons (Fsp3) is 0.357. The minimum absolute atomic E-state index is 0.275. The number of rotatable bonds is 6. The smallest absolute Gasteiger partial charge is 0.394 e. The molecule has 20 heteroatoms. The molecule has 1 fully saturated rings. The SMILES string of the molecule is O=P(O)(O)OP(=O)(O)OP(=O)(O)O.O=c1c2ccc(F)cc2ccn1[C@@H]1O[C@H](CO)[C@@H](O)[C@H]1O. The molecule has 1 aromatic heterocycles. The first-order valence-electron chi connectivity index (χ1n) is 8.73. The summed E-state index contributed by atoms with van der Waals surface area (Å²) >= 11 is 0. The molecule has 1 aliphatic rings. The van der Waals surface area contributed by atoms with Gasteiger partial charge in [-0.15, -0.1) is 0 Å². The molecule has 192 valence electrons. The Labute approximate surface area is 188 Å². The zero-order valence-corrected chi connectivity index (χ0v) is 19.2. The summed E-state index contributed by atoms with van der Waals surface area (Å²) in [6, 6.07) is 5.28. The third kappa shape index (κ3) is 7.81. The first kappa shape index (κ1) is 28.8. The van der Waals surface area contributed by atoms with Crippen LogP contribution in [-0.2, 0) is 27.1 Å². The monoisotopic (exact) mass is 553 g/mol. The van der Waals surface area contributed by atoms with Gasteiger partial charge in [0, 0.05) is 11.6 Å². The highest BCUT2D eigenvalue weighted by Gasteiger charge is 2.43. The molecule has 8 N–H and O–H groups in total. The quantitative estimate of drug-likeness (QED) is 0.201. The van der Waals surface area contributed by atoms with Gasteiger partial charge in [-0.25, -0.2) is 18.1 Å². The van der Waals surface area contributed by atoms with E-state index < -0.39 is 66.0 Å². The molecule has 4 atom stereocenters. The molecule has 0 spiro atoms. The minimum atomic E-state index is -5.46. The van der Waals surface area contributed by atoms with E-state index in [9.17, 15) is 33.1 Å². The molecule has 0 unspecified atom stereocenters. The van der Waals surface area contributed by atoms with Crippen molar-refractivity contribution in [2.24, 2.45) is 0 Å². The highest BCUT2D eigenvalue weighted by Crippen LogP contribution is 2.64. The van der Waals surface area contributed by atoms with Crippen molar-refractivity contribution < 1.29 is 71.2 Å². The average molecular weight is 553 g/mol. The Morgan fingerprint density at radius 1 is 0.971 bits per heavy atom. The standard InChI is InChI=1S/C14H14FNO5.H5O10P3/c15-8-1-2-9-7(5-8)3-4-16(13(9)20)14-12(19)11(18)10(6-17)21-14;1-11(2,3)9-13(7,8)10-12(4,5)6/h1-5,10-12,14,17-19H,6H2;(H,7,8)(H2,1,2,3)(H2,4,5,6)/t10-,11-,12-,14-;/m1./s1. The molecule has 16 nitrogen and oxygen atoms in total. The van der Waals surface area contributed by atoms with E-state index in [0.29, 0.717) is 5.39 Å². The van der Waals surface area contributed by atoms with Gasteiger partial charge < -0.3 is 44.5 Å². The summed E-state index contributed by atoms with van der Waals surface area (Å²) in [5.74, 6) is -0.451. The topological polar surface area (TPSA) is 263 Å². The lowest BCUT2D eigenvalue weighted by Gasteiger charge is -2.18. The van der Waals surface area contributed by atoms with Crippen molar-refractivity contribution >= 4 is 34.2 Å². The van der Waals surface area contributed by atoms with Gasteiger partial charge in [0.2, 0.25) is 0 Å². The number of benzene rings is 1. The predicted octanol–water partition coefficient (Wildman–Crippen LogP) is -0.943. The molecule has 1 aromatic carbocycles. The lowest BCUT2D eigenvalue weighted by atomic mass is 10.1. The summed E-state index contributed by atoms with van der Waals surface area (Å²) in [5.41, 5.74) is -0.470. The highest BCUT2D eigenvalue weighted by molar-refractivity contribution is 7.66. The van der Waals surface area contributed by atoms with Crippen LogP contribution in [0.25, 0.3) is 10.8 Å². The Hall–Kier alpha value is -1.39. The molecule has 0 amide bonds. The second-order valence-electron chi connectivity index (χ2n) is 6.60. The van der Waals surface area contributed by atoms with E-state index in [0.717, 1.165) is 4.57 Å². The number of aliphatic hydroxyl groups is 3. The lowest BCUT2D eigenvalue weighted by Crippen LogP contribution is -2.35. The maximum Gasteiger partial charge on any atom is 0.490 e. The summed E-state index contributed by atoms with van der Waals surface area (Å²) in [4.78, 5) is 52.6. The largest absolute Gasteiger partial charge is 0.490 e. The van der Waals surface area contributed by atoms with Crippen LogP contribution in [0.1, 0.15) is 6.23 Å². The maximum atomic E-state index is 13.1. The first-order chi connectivity index (χ1) is 15.4. The average Bonchev–Trinajstić information content (AvgIpc) is 2.93. The summed E-state index contributed by atoms with van der Waals surface area (Å²) in [5, 5.41) is 29.5. The number of pyridine rings is 1. The summed E-state index contributed by atoms with van der Waals surface area (Å²) < 4.78 is 56.0. The van der Waals surface area contributed by atoms with E-state index in [1.807, 2.05) is 0 Å². The number of fused-ring (bicyclic) bond motifs is 1. The Morgan fingerprint density at radius 3 is 2.00 bits per heavy atom. The number of hydrogen-bond donors (Lipinski definition) is 8. The van der Waals surface area contributed by atoms with Crippen molar-refractivity contribution in [2.45, 2.75) is 24.5 Å². The molecular formula is C14H19FNO15P3. The highest BCUT2D eigenvalue weighted by atomic mass is 31.3. The van der Waals surface area contributed by atoms with Crippen molar-refractivity contribution in [1.29, 1.82) is 0 Å². The van der Waals surface area contributed by atoms with Crippen LogP contribution >= 0.6 is 23.5 Å². The van der Waals surface area contributed by atoms with Crippen LogP contribution in [0.3, 0.4) is 0 Å². The van der Waals surface area contributed by atoms with Crippen LogP contribution in [0.4, 0.5) is 4.39 Å². The van der Waals surface area contributed by atoms with Crippen molar-refractivity contribution in [3.8, 4) is 0 Å². The zero-order chi connectivity index (χ0) is 26.1. The fourth-order valence-electron chi connectivity index (χ4n) is 2.83. The molecule has 0 bridgehead atoms. The first-order valence-corrected chi connectivity index (χ1v) is 13.3. The molecule has 2 aromatic rings. The number of aliphatic hydroxyl groups excluding tert-OH is 3. The molecule has 1 aliphatic heterocycles. The van der Waals surface area contributed by atoms with Gasteiger partial charge in [0.05, 0.1) is 6.61 Å². The van der Waals surface area contributed by atoms with Crippen molar-refractivity contribution in [2.75, 3.05) is 6.61 Å². The van der Waals surface area contributed by atoms with Gasteiger partial charge in [-0.1, -0.05) is 0 Å². The Balaban J connectivity index is 0.000000273. The zero-order valence-electron chi connectivity index (χ0n) is 16.5. The summed E-state index contributed by atoms with van der Waals surface area (Å²) in [7, 11) is -16.2. The van der Waals surface area contributed by atoms with E-state index in [2.05, 4.69) is 8.62 Å². The molecule has 3 rings (SSSR count). The lowest BCUT2D eigenvalue weighted by molar-refractivity contribution is -0.0541. The second-order valence-corrected chi connectivity index (χ2v) is 10.8. The van der Waals surface area contributed by atoms with Crippen molar-refractivity contribution in [3.05, 3.63) is 46.6 Å². The molecule has 34 heavy (non-hydrogen) atoms. The van der Waals surface area contributed by atoms with Gasteiger partial charge in [-0.2, -0.15) is 8.62 Å². The Morgan fingerprint density at radius 2 is 1.53 bits per heavy atom. The molecule has 0 saturated carbocycles. The number of phosphoric acid groups is 3. The van der Waals surface area contributed by atoms with E-state index in [1.165, 1.54) is 30.5 Å². The van der Waals surface area contributed by atoms with Crippen molar-refractivity contribution in [3.63, 3.8) is 0 Å². The van der Waals surface area contributed by atoms with Crippen LogP contribution in [0, 0.1) is 5.82 Å². The molecule has 1 saturated heterocycles. The summed E-state index contributed by atoms with van der Waals surface area (Å²) in [6.07, 6.45) is -3.31. The van der Waals surface area contributed by atoms with Crippen LogP contribution in [0.5, 0.6) is 0 Å². The number of nitrogens with zero attached hydrogens (tertiary/aromatic N) is 1. The van der Waals surface area contributed by atoms with Gasteiger partial charge >= 0.3 is 23.5 Å². The Bertz CT molecular complexity index is 1200. The number of hydrogen-bond acceptors (Lipinski definition) is 10. The van der Waals surface area contributed by atoms with Crippen LogP contribution in [-0.4, -0.2) is 69.3 Å². The van der Waals surface area contributed by atoms with Crippen LogP contribution in [0.2, 0.25) is 0 Å². The number of halogens is 1. The van der Waals surface area contributed by atoms with Gasteiger partial charge in [-0.05, 0) is 29.7 Å². The third-order valence-corrected chi connectivity index (χ3v) is 7.46. The van der Waals surface area contributed by atoms with Gasteiger partial charge in [0.15, 0.2) is 6.23 Å². The second kappa shape index (κ2) is 10.7. The molecule has 2 heterocycles. The fourth-order valence-corrected chi connectivity index (χ4v) is 5.37. The normalized spacial score (nSPS) is 23.6. The molecule has 0 aliphatic carbocycles. The maximum absolute atomic E-state index is 13.1. The number of aromatic nitrogens is 1.